The van der Waals surface area contributed by atoms with Crippen molar-refractivity contribution in [3.8, 4) is 11.6 Å². The molecule has 6 nitrogen and oxygen atoms in total. The van der Waals surface area contributed by atoms with E-state index in [-0.39, 0.29) is 11.2 Å². The smallest absolute Gasteiger partial charge is 0.290 e. The largest absolute Gasteiger partial charge is 0.436 e. The Morgan fingerprint density at radius 2 is 2.00 bits per heavy atom. The highest BCUT2D eigenvalue weighted by atomic mass is 35.5. The predicted molar refractivity (Wildman–Crippen MR) is 82.6 cm³/mol. The topological polar surface area (TPSA) is 81.2 Å². The summed E-state index contributed by atoms with van der Waals surface area (Å²) in [5.41, 5.74) is 0.686. The highest BCUT2D eigenvalue weighted by Gasteiger charge is 2.24. The van der Waals surface area contributed by atoms with Gasteiger partial charge >= 0.3 is 0 Å². The van der Waals surface area contributed by atoms with Gasteiger partial charge in [-0.3, -0.25) is 14.9 Å². The van der Waals surface area contributed by atoms with Crippen LogP contribution in [-0.2, 0) is 4.79 Å². The van der Waals surface area contributed by atoms with Crippen molar-refractivity contribution in [2.24, 2.45) is 0 Å². The molecule has 0 radical (unpaired) electrons. The van der Waals surface area contributed by atoms with E-state index in [2.05, 4.69) is 15.3 Å². The molecule has 1 aromatic heterocycles. The van der Waals surface area contributed by atoms with Crippen LogP contribution in [-0.4, -0.2) is 21.1 Å². The van der Waals surface area contributed by atoms with E-state index >= 15 is 0 Å². The second kappa shape index (κ2) is 6.35. The highest BCUT2D eigenvalue weighted by Crippen LogP contribution is 2.27. The number of amides is 2. The van der Waals surface area contributed by atoms with Crippen molar-refractivity contribution in [1.82, 2.24) is 15.3 Å². The SMILES string of the molecule is O=C1NC(=O)/C(=C\c2ccc(Oc3nc(Cl)ncc3F)cc2)S1. The summed E-state index contributed by atoms with van der Waals surface area (Å²) in [6.07, 6.45) is 2.48. The number of imide groups is 1. The van der Waals surface area contributed by atoms with Crippen molar-refractivity contribution in [3.05, 3.63) is 52.0 Å². The van der Waals surface area contributed by atoms with E-state index in [1.165, 1.54) is 0 Å². The van der Waals surface area contributed by atoms with Crippen LogP contribution in [0.5, 0.6) is 11.6 Å². The summed E-state index contributed by atoms with van der Waals surface area (Å²) in [5, 5.41) is 1.63. The zero-order valence-corrected chi connectivity index (χ0v) is 12.8. The Labute approximate surface area is 138 Å². The lowest BCUT2D eigenvalue weighted by molar-refractivity contribution is -0.115. The number of aromatic nitrogens is 2. The van der Waals surface area contributed by atoms with Gasteiger partial charge in [0.1, 0.15) is 5.75 Å². The Balaban J connectivity index is 1.77. The van der Waals surface area contributed by atoms with E-state index in [4.69, 9.17) is 16.3 Å². The Hall–Kier alpha value is -2.45. The van der Waals surface area contributed by atoms with Gasteiger partial charge in [0.2, 0.25) is 11.1 Å². The number of nitrogens with zero attached hydrogens (tertiary/aromatic N) is 2. The van der Waals surface area contributed by atoms with Crippen molar-refractivity contribution in [2.45, 2.75) is 0 Å². The van der Waals surface area contributed by atoms with Gasteiger partial charge in [0.05, 0.1) is 11.1 Å². The van der Waals surface area contributed by atoms with Crippen LogP contribution < -0.4 is 10.1 Å². The molecule has 0 bridgehead atoms. The van der Waals surface area contributed by atoms with Crippen molar-refractivity contribution in [3.63, 3.8) is 0 Å². The van der Waals surface area contributed by atoms with E-state index < -0.39 is 17.0 Å². The summed E-state index contributed by atoms with van der Waals surface area (Å²) in [6.45, 7) is 0. The van der Waals surface area contributed by atoms with Crippen molar-refractivity contribution in [1.29, 1.82) is 0 Å². The Kier molecular flexibility index (Phi) is 4.26. The van der Waals surface area contributed by atoms with Crippen LogP contribution in [0, 0.1) is 5.82 Å². The lowest BCUT2D eigenvalue weighted by Crippen LogP contribution is -2.17. The predicted octanol–water partition coefficient (Wildman–Crippen LogP) is 3.39. The van der Waals surface area contributed by atoms with Crippen molar-refractivity contribution < 1.29 is 18.7 Å². The van der Waals surface area contributed by atoms with Gasteiger partial charge in [0.15, 0.2) is 0 Å². The fraction of sp³-hybridized carbons (Fsp3) is 0. The Bertz CT molecular complexity index is 827. The minimum Gasteiger partial charge on any atom is -0.436 e. The van der Waals surface area contributed by atoms with Crippen LogP contribution in [0.4, 0.5) is 9.18 Å². The maximum atomic E-state index is 13.5. The number of nitrogens with one attached hydrogen (secondary N) is 1. The normalized spacial score (nSPS) is 15.8. The molecule has 1 N–H and O–H groups in total. The first-order chi connectivity index (χ1) is 11.0. The Morgan fingerprint density at radius 3 is 2.65 bits per heavy atom. The van der Waals surface area contributed by atoms with Gasteiger partial charge in [-0.2, -0.15) is 9.37 Å². The molecule has 0 atom stereocenters. The average molecular weight is 352 g/mol. The summed E-state index contributed by atoms with van der Waals surface area (Å²) >= 11 is 6.41. The molecule has 0 unspecified atom stereocenters. The molecule has 9 heteroatoms. The zero-order chi connectivity index (χ0) is 16.4. The molecule has 2 aromatic rings. The number of hydrogen-bond acceptors (Lipinski definition) is 6. The summed E-state index contributed by atoms with van der Waals surface area (Å²) in [7, 11) is 0. The molecule has 1 fully saturated rings. The van der Waals surface area contributed by atoms with Crippen molar-refractivity contribution >= 4 is 40.6 Å². The quantitative estimate of drug-likeness (QED) is 0.674. The third-order valence-electron chi connectivity index (χ3n) is 2.72. The maximum Gasteiger partial charge on any atom is 0.290 e. The monoisotopic (exact) mass is 351 g/mol. The van der Waals surface area contributed by atoms with Gasteiger partial charge in [-0.15, -0.1) is 0 Å². The van der Waals surface area contributed by atoms with Crippen LogP contribution >= 0.6 is 23.4 Å². The van der Waals surface area contributed by atoms with Gasteiger partial charge in [0, 0.05) is 0 Å². The van der Waals surface area contributed by atoms with Crippen LogP contribution in [0.25, 0.3) is 6.08 Å². The number of rotatable bonds is 3. The standard InChI is InChI=1S/C14H7ClFN3O3S/c15-13-17-6-9(16)12(19-13)22-8-3-1-7(2-4-8)5-10-11(20)18-14(21)23-10/h1-6H,(H,18,20,21)/b10-5+. The second-order valence-electron chi connectivity index (χ2n) is 4.32. The molecule has 0 aliphatic carbocycles. The van der Waals surface area contributed by atoms with Crippen LogP contribution in [0.15, 0.2) is 35.4 Å². The molecule has 2 amide bonds. The third kappa shape index (κ3) is 3.66. The molecule has 1 aromatic carbocycles. The number of thioether (sulfide) groups is 1. The van der Waals surface area contributed by atoms with E-state index in [1.54, 1.807) is 30.3 Å². The lowest BCUT2D eigenvalue weighted by atomic mass is 10.2. The molecular formula is C14H7ClFN3O3S. The number of carbonyl (C=O) groups is 2. The van der Waals surface area contributed by atoms with Crippen molar-refractivity contribution in [2.75, 3.05) is 0 Å². The fourth-order valence-electron chi connectivity index (χ4n) is 1.72. The first-order valence-electron chi connectivity index (χ1n) is 6.22. The van der Waals surface area contributed by atoms with Gasteiger partial charge in [-0.25, -0.2) is 4.98 Å². The fourth-order valence-corrected chi connectivity index (χ4v) is 2.53. The second-order valence-corrected chi connectivity index (χ2v) is 5.67. The van der Waals surface area contributed by atoms with Gasteiger partial charge in [-0.1, -0.05) is 12.1 Å². The number of hydrogen-bond donors (Lipinski definition) is 1. The molecule has 2 heterocycles. The van der Waals surface area contributed by atoms with Gasteiger partial charge < -0.3 is 4.74 Å². The zero-order valence-electron chi connectivity index (χ0n) is 11.2. The molecule has 0 saturated carbocycles. The molecule has 1 aliphatic rings. The van der Waals surface area contributed by atoms with Crippen LogP contribution in [0.3, 0.4) is 0 Å². The number of ether oxygens (including phenoxy) is 1. The third-order valence-corrected chi connectivity index (χ3v) is 3.71. The number of halogens is 2. The minimum atomic E-state index is -0.738. The molecular weight excluding hydrogens is 345 g/mol. The molecule has 116 valence electrons. The van der Waals surface area contributed by atoms with Gasteiger partial charge in [-0.05, 0) is 47.1 Å². The molecule has 23 heavy (non-hydrogen) atoms. The van der Waals surface area contributed by atoms with E-state index in [0.29, 0.717) is 16.2 Å². The van der Waals surface area contributed by atoms with Gasteiger partial charge in [0.25, 0.3) is 17.0 Å². The molecule has 0 spiro atoms. The molecule has 1 saturated heterocycles. The first kappa shape index (κ1) is 15.4. The summed E-state index contributed by atoms with van der Waals surface area (Å²) in [5.74, 6) is -1.12. The number of carbonyl (C=O) groups excluding carboxylic acids is 2. The summed E-state index contributed by atoms with van der Waals surface area (Å²) in [6, 6.07) is 6.45. The average Bonchev–Trinajstić information content (AvgIpc) is 2.83. The highest BCUT2D eigenvalue weighted by molar-refractivity contribution is 8.18. The van der Waals surface area contributed by atoms with E-state index in [9.17, 15) is 14.0 Å². The van der Waals surface area contributed by atoms with E-state index in [0.717, 1.165) is 18.0 Å². The first-order valence-corrected chi connectivity index (χ1v) is 7.41. The summed E-state index contributed by atoms with van der Waals surface area (Å²) in [4.78, 5) is 30.0. The number of benzene rings is 1. The molecule has 1 aliphatic heterocycles. The minimum absolute atomic E-state index is 0.128. The molecule has 3 rings (SSSR count). The maximum absolute atomic E-state index is 13.5. The summed E-state index contributed by atoms with van der Waals surface area (Å²) < 4.78 is 18.8. The van der Waals surface area contributed by atoms with Crippen LogP contribution in [0.1, 0.15) is 5.56 Å². The lowest BCUT2D eigenvalue weighted by Gasteiger charge is -2.05. The Morgan fingerprint density at radius 1 is 1.26 bits per heavy atom. The van der Waals surface area contributed by atoms with Crippen LogP contribution in [0.2, 0.25) is 5.28 Å². The van der Waals surface area contributed by atoms with E-state index in [1.807, 2.05) is 0 Å².